The van der Waals surface area contributed by atoms with Crippen molar-refractivity contribution >= 4 is 22.8 Å². The lowest BCUT2D eigenvalue weighted by atomic mass is 9.91. The van der Waals surface area contributed by atoms with Crippen molar-refractivity contribution < 1.29 is 35.9 Å². The Kier molecular flexibility index (Phi) is 6.47. The van der Waals surface area contributed by atoms with E-state index in [-0.39, 0.29) is 42.1 Å². The highest BCUT2D eigenvalue weighted by molar-refractivity contribution is 6.01. The van der Waals surface area contributed by atoms with Crippen molar-refractivity contribution in [2.45, 2.75) is 50.2 Å². The van der Waals surface area contributed by atoms with Crippen LogP contribution in [0.15, 0.2) is 48.7 Å². The number of fused-ring (bicyclic) bond motifs is 5. The second-order valence-corrected chi connectivity index (χ2v) is 12.0. The molecule has 5 aromatic rings. The van der Waals surface area contributed by atoms with Gasteiger partial charge in [0.25, 0.3) is 18.3 Å². The molecular weight excluding hydrogens is 628 g/mol. The van der Waals surface area contributed by atoms with Crippen molar-refractivity contribution in [3.8, 4) is 11.1 Å². The SMILES string of the molecule is O=C(Cn1nc(C(F)F)c2c1C(F)(F)[C@@H]1C[C@H]21)N[C@@H](Cc1cc(F)cc(F)c1)c1nc2cn[nH]c2cc1-c1cccc2c1CNC2=O. The van der Waals surface area contributed by atoms with E-state index in [0.717, 1.165) is 12.1 Å². The Balaban J connectivity index is 1.22. The fraction of sp³-hybridized carbons (Fsp3) is 0.281. The summed E-state index contributed by atoms with van der Waals surface area (Å²) in [5.41, 5.74) is 1.78. The molecule has 0 spiro atoms. The predicted molar refractivity (Wildman–Crippen MR) is 153 cm³/mol. The fourth-order valence-electron chi connectivity index (χ4n) is 7.01. The van der Waals surface area contributed by atoms with Crippen molar-refractivity contribution in [1.82, 2.24) is 35.6 Å². The zero-order valence-electron chi connectivity index (χ0n) is 24.1. The molecule has 47 heavy (non-hydrogen) atoms. The molecule has 9 nitrogen and oxygen atoms in total. The summed E-state index contributed by atoms with van der Waals surface area (Å²) in [7, 11) is 0. The van der Waals surface area contributed by atoms with Gasteiger partial charge in [0.2, 0.25) is 5.91 Å². The molecule has 8 rings (SSSR count). The maximum absolute atomic E-state index is 15.2. The monoisotopic (exact) mass is 651 g/mol. The number of carbonyl (C=O) groups excluding carboxylic acids is 2. The van der Waals surface area contributed by atoms with Crippen LogP contribution >= 0.6 is 0 Å². The van der Waals surface area contributed by atoms with Crippen LogP contribution in [-0.4, -0.2) is 36.8 Å². The van der Waals surface area contributed by atoms with Gasteiger partial charge in [-0.1, -0.05) is 12.1 Å². The largest absolute Gasteiger partial charge is 0.348 e. The van der Waals surface area contributed by atoms with Gasteiger partial charge in [0.1, 0.15) is 35.1 Å². The van der Waals surface area contributed by atoms with Gasteiger partial charge in [0.05, 0.1) is 23.4 Å². The number of hydrogen-bond acceptors (Lipinski definition) is 5. The quantitative estimate of drug-likeness (QED) is 0.189. The second kappa shape index (κ2) is 10.4. The summed E-state index contributed by atoms with van der Waals surface area (Å²) in [6.07, 6.45) is -1.80. The standard InChI is InChI=1S/C32H23F6N7O2/c33-14-4-13(5-15(34)7-14)6-23(41-25(46)12-45-29-26(28(44-45)30(35)36)19-8-21(19)32(29,37)38)27-18(9-22-24(42-27)11-40-43-22)16-2-1-3-17-20(16)10-39-31(17)47/h1-5,7,9,11,19,21,23,30H,6,8,10,12H2,(H,39,47)(H,40,43)(H,41,46)/t19-,21+,23-/m0/s1. The Morgan fingerprint density at radius 1 is 1.06 bits per heavy atom. The van der Waals surface area contributed by atoms with Gasteiger partial charge in [0.15, 0.2) is 0 Å². The third-order valence-electron chi connectivity index (χ3n) is 9.08. The molecule has 4 heterocycles. The number of carbonyl (C=O) groups is 2. The molecule has 3 aliphatic rings. The van der Waals surface area contributed by atoms with Crippen LogP contribution in [0.4, 0.5) is 26.3 Å². The molecule has 2 aromatic carbocycles. The number of halogens is 6. The van der Waals surface area contributed by atoms with E-state index in [1.165, 1.54) is 6.20 Å². The van der Waals surface area contributed by atoms with Crippen molar-refractivity contribution in [3.63, 3.8) is 0 Å². The Labute approximate surface area is 261 Å². The van der Waals surface area contributed by atoms with Crippen LogP contribution in [0.3, 0.4) is 0 Å². The maximum Gasteiger partial charge on any atom is 0.293 e. The summed E-state index contributed by atoms with van der Waals surface area (Å²) in [6.45, 7) is -0.607. The van der Waals surface area contributed by atoms with E-state index in [4.69, 9.17) is 4.98 Å². The smallest absolute Gasteiger partial charge is 0.293 e. The molecule has 2 amide bonds. The average Bonchev–Trinajstić information content (AvgIpc) is 3.25. The molecule has 3 N–H and O–H groups in total. The number of amides is 2. The van der Waals surface area contributed by atoms with Gasteiger partial charge in [-0.3, -0.25) is 19.4 Å². The van der Waals surface area contributed by atoms with E-state index in [2.05, 4.69) is 25.9 Å². The summed E-state index contributed by atoms with van der Waals surface area (Å²) in [5.74, 6) is -8.14. The van der Waals surface area contributed by atoms with Crippen LogP contribution in [0.25, 0.3) is 22.2 Å². The van der Waals surface area contributed by atoms with Gasteiger partial charge >= 0.3 is 0 Å². The molecule has 0 bridgehead atoms. The van der Waals surface area contributed by atoms with E-state index in [1.807, 2.05) is 0 Å². The highest BCUT2D eigenvalue weighted by atomic mass is 19.3. The van der Waals surface area contributed by atoms with Crippen molar-refractivity contribution in [3.05, 3.63) is 99.6 Å². The molecule has 1 fully saturated rings. The van der Waals surface area contributed by atoms with E-state index in [9.17, 15) is 27.2 Å². The topological polar surface area (TPSA) is 118 Å². The number of nitrogens with zero attached hydrogens (tertiary/aromatic N) is 4. The molecule has 15 heteroatoms. The Hall–Kier alpha value is -5.21. The number of rotatable bonds is 8. The summed E-state index contributed by atoms with van der Waals surface area (Å²) in [5, 5.41) is 16.1. The van der Waals surface area contributed by atoms with Gasteiger partial charge in [-0.15, -0.1) is 0 Å². The summed E-state index contributed by atoms with van der Waals surface area (Å²) >= 11 is 0. The third-order valence-corrected chi connectivity index (χ3v) is 9.08. The molecule has 240 valence electrons. The molecule has 1 saturated carbocycles. The third kappa shape index (κ3) is 4.74. The number of pyridine rings is 1. The summed E-state index contributed by atoms with van der Waals surface area (Å²) < 4.78 is 87.3. The lowest BCUT2D eigenvalue weighted by Crippen LogP contribution is -2.35. The Morgan fingerprint density at radius 3 is 2.60 bits per heavy atom. The zero-order chi connectivity index (χ0) is 32.8. The van der Waals surface area contributed by atoms with Gasteiger partial charge in [-0.25, -0.2) is 22.5 Å². The second-order valence-electron chi connectivity index (χ2n) is 12.0. The summed E-state index contributed by atoms with van der Waals surface area (Å²) in [4.78, 5) is 30.9. The van der Waals surface area contributed by atoms with Gasteiger partial charge in [-0.2, -0.15) is 19.0 Å². The average molecular weight is 652 g/mol. The highest BCUT2D eigenvalue weighted by Gasteiger charge is 2.67. The number of hydrogen-bond donors (Lipinski definition) is 3. The van der Waals surface area contributed by atoms with E-state index in [0.29, 0.717) is 44.0 Å². The number of benzene rings is 2. The van der Waals surface area contributed by atoms with Gasteiger partial charge in [-0.05, 0) is 59.7 Å². The van der Waals surface area contributed by atoms with Crippen LogP contribution in [0.1, 0.15) is 68.9 Å². The first-order valence-corrected chi connectivity index (χ1v) is 14.8. The predicted octanol–water partition coefficient (Wildman–Crippen LogP) is 5.59. The molecule has 3 atom stereocenters. The minimum atomic E-state index is -3.43. The number of nitrogens with one attached hydrogen (secondary N) is 3. The zero-order valence-corrected chi connectivity index (χ0v) is 24.1. The molecule has 2 aliphatic carbocycles. The molecule has 1 aliphatic heterocycles. The minimum Gasteiger partial charge on any atom is -0.348 e. The fourth-order valence-corrected chi connectivity index (χ4v) is 7.01. The number of aromatic amines is 1. The molecule has 3 aromatic heterocycles. The van der Waals surface area contributed by atoms with E-state index >= 15 is 8.78 Å². The minimum absolute atomic E-state index is 0.0686. The van der Waals surface area contributed by atoms with E-state index in [1.54, 1.807) is 24.3 Å². The lowest BCUT2D eigenvalue weighted by Gasteiger charge is -2.23. The van der Waals surface area contributed by atoms with Crippen molar-refractivity contribution in [1.29, 1.82) is 0 Å². The lowest BCUT2D eigenvalue weighted by molar-refractivity contribution is -0.123. The first-order valence-electron chi connectivity index (χ1n) is 14.8. The first kappa shape index (κ1) is 29.2. The van der Waals surface area contributed by atoms with Crippen LogP contribution in [-0.2, 0) is 30.2 Å². The van der Waals surface area contributed by atoms with Crippen molar-refractivity contribution in [2.24, 2.45) is 5.92 Å². The van der Waals surface area contributed by atoms with Gasteiger partial charge < -0.3 is 10.6 Å². The van der Waals surface area contributed by atoms with Crippen LogP contribution in [0.5, 0.6) is 0 Å². The number of aromatic nitrogens is 5. The highest BCUT2D eigenvalue weighted by Crippen LogP contribution is 2.68. The van der Waals surface area contributed by atoms with Crippen molar-refractivity contribution in [2.75, 3.05) is 0 Å². The Morgan fingerprint density at radius 2 is 1.83 bits per heavy atom. The Bertz CT molecular complexity index is 2110. The van der Waals surface area contributed by atoms with Gasteiger partial charge in [0, 0.05) is 35.2 Å². The maximum atomic E-state index is 15.2. The molecular formula is C32H23F6N7O2. The van der Waals surface area contributed by atoms with E-state index < -0.39 is 65.7 Å². The molecule has 0 unspecified atom stereocenters. The van der Waals surface area contributed by atoms with Crippen LogP contribution in [0.2, 0.25) is 0 Å². The molecule has 0 saturated heterocycles. The first-order chi connectivity index (χ1) is 22.5. The normalized spacial score (nSPS) is 19.4. The van der Waals surface area contributed by atoms with Crippen LogP contribution < -0.4 is 10.6 Å². The number of alkyl halides is 4. The molecule has 0 radical (unpaired) electrons. The summed E-state index contributed by atoms with van der Waals surface area (Å²) in [6, 6.07) is 8.56. The van der Waals surface area contributed by atoms with Crippen LogP contribution in [0, 0.1) is 17.6 Å². The number of H-pyrrole nitrogens is 1.